The lowest BCUT2D eigenvalue weighted by molar-refractivity contribution is -0.117. The molecule has 3 heteroatoms. The minimum Gasteiger partial charge on any atom is -0.492 e. The van der Waals surface area contributed by atoms with Gasteiger partial charge in [-0.3, -0.25) is 4.79 Å². The Kier molecular flexibility index (Phi) is 3.96. The topological polar surface area (TPSA) is 26.3 Å². The van der Waals surface area contributed by atoms with Crippen LogP contribution in [0.1, 0.15) is 18.9 Å². The quantitative estimate of drug-likeness (QED) is 0.767. The van der Waals surface area contributed by atoms with Crippen molar-refractivity contribution >= 4 is 17.4 Å². The van der Waals surface area contributed by atoms with Crippen LogP contribution < -0.4 is 4.74 Å². The monoisotopic (exact) mass is 212 g/mol. The zero-order chi connectivity index (χ0) is 10.6. The largest absolute Gasteiger partial charge is 0.492 e. The van der Waals surface area contributed by atoms with E-state index in [4.69, 9.17) is 16.3 Å². The lowest BCUT2D eigenvalue weighted by Gasteiger charge is -2.07. The van der Waals surface area contributed by atoms with Crippen LogP contribution in [0.3, 0.4) is 0 Å². The number of benzene rings is 1. The SMILES string of the molecule is CC(=O)CCOc1cc(C)ccc1Cl. The molecule has 0 aliphatic carbocycles. The van der Waals surface area contributed by atoms with Crippen LogP contribution in [0.15, 0.2) is 18.2 Å². The van der Waals surface area contributed by atoms with Crippen molar-refractivity contribution in [3.8, 4) is 5.75 Å². The first kappa shape index (κ1) is 11.1. The van der Waals surface area contributed by atoms with Gasteiger partial charge in [-0.15, -0.1) is 0 Å². The fraction of sp³-hybridized carbons (Fsp3) is 0.364. The molecule has 0 aromatic heterocycles. The van der Waals surface area contributed by atoms with Gasteiger partial charge in [0.15, 0.2) is 0 Å². The predicted octanol–water partition coefficient (Wildman–Crippen LogP) is 3.01. The van der Waals surface area contributed by atoms with E-state index in [9.17, 15) is 4.79 Å². The van der Waals surface area contributed by atoms with Gasteiger partial charge >= 0.3 is 0 Å². The second-order valence-corrected chi connectivity index (χ2v) is 3.64. The van der Waals surface area contributed by atoms with Crippen molar-refractivity contribution in [1.82, 2.24) is 0 Å². The van der Waals surface area contributed by atoms with Crippen LogP contribution in [-0.2, 0) is 4.79 Å². The molecule has 0 aliphatic heterocycles. The Hall–Kier alpha value is -1.02. The fourth-order valence-electron chi connectivity index (χ4n) is 1.03. The van der Waals surface area contributed by atoms with Crippen molar-refractivity contribution in [2.24, 2.45) is 0 Å². The number of aryl methyl sites for hydroxylation is 1. The molecule has 2 nitrogen and oxygen atoms in total. The first-order chi connectivity index (χ1) is 6.59. The van der Waals surface area contributed by atoms with Gasteiger partial charge in [0, 0.05) is 6.42 Å². The number of carbonyl (C=O) groups is 1. The molecule has 1 aromatic rings. The third-order valence-corrected chi connectivity index (χ3v) is 2.11. The van der Waals surface area contributed by atoms with Crippen molar-refractivity contribution in [1.29, 1.82) is 0 Å². The van der Waals surface area contributed by atoms with E-state index in [1.165, 1.54) is 0 Å². The highest BCUT2D eigenvalue weighted by Crippen LogP contribution is 2.25. The fourth-order valence-corrected chi connectivity index (χ4v) is 1.20. The van der Waals surface area contributed by atoms with Gasteiger partial charge in [0.2, 0.25) is 0 Å². The average Bonchev–Trinajstić information content (AvgIpc) is 2.10. The smallest absolute Gasteiger partial charge is 0.138 e. The van der Waals surface area contributed by atoms with Gasteiger partial charge in [0.1, 0.15) is 11.5 Å². The van der Waals surface area contributed by atoms with Gasteiger partial charge in [-0.1, -0.05) is 17.7 Å². The molecular weight excluding hydrogens is 200 g/mol. The van der Waals surface area contributed by atoms with Gasteiger partial charge in [0.25, 0.3) is 0 Å². The molecule has 0 saturated heterocycles. The summed E-state index contributed by atoms with van der Waals surface area (Å²) in [6, 6.07) is 5.57. The Bertz CT molecular complexity index is 334. The lowest BCUT2D eigenvalue weighted by Crippen LogP contribution is -2.03. The first-order valence-corrected chi connectivity index (χ1v) is 4.86. The van der Waals surface area contributed by atoms with E-state index in [0.717, 1.165) is 5.56 Å². The van der Waals surface area contributed by atoms with E-state index >= 15 is 0 Å². The zero-order valence-corrected chi connectivity index (χ0v) is 9.10. The summed E-state index contributed by atoms with van der Waals surface area (Å²) in [5, 5.41) is 0.583. The van der Waals surface area contributed by atoms with E-state index in [1.54, 1.807) is 13.0 Å². The summed E-state index contributed by atoms with van der Waals surface area (Å²) in [6.45, 7) is 3.90. The van der Waals surface area contributed by atoms with Crippen molar-refractivity contribution in [2.75, 3.05) is 6.61 Å². The van der Waals surface area contributed by atoms with E-state index < -0.39 is 0 Å². The van der Waals surface area contributed by atoms with Crippen LogP contribution in [0.25, 0.3) is 0 Å². The summed E-state index contributed by atoms with van der Waals surface area (Å²) in [7, 11) is 0. The van der Waals surface area contributed by atoms with Crippen molar-refractivity contribution < 1.29 is 9.53 Å². The molecule has 0 N–H and O–H groups in total. The zero-order valence-electron chi connectivity index (χ0n) is 8.34. The third-order valence-electron chi connectivity index (χ3n) is 1.80. The predicted molar refractivity (Wildman–Crippen MR) is 57.0 cm³/mol. The van der Waals surface area contributed by atoms with E-state index in [-0.39, 0.29) is 5.78 Å². The Morgan fingerprint density at radius 2 is 2.21 bits per heavy atom. The average molecular weight is 213 g/mol. The molecule has 0 amide bonds. The number of carbonyl (C=O) groups excluding carboxylic acids is 1. The molecule has 0 atom stereocenters. The summed E-state index contributed by atoms with van der Waals surface area (Å²) >= 11 is 5.90. The van der Waals surface area contributed by atoms with Crippen molar-refractivity contribution in [2.45, 2.75) is 20.3 Å². The molecule has 0 bridgehead atoms. The molecule has 14 heavy (non-hydrogen) atoms. The molecule has 0 fully saturated rings. The number of hydrogen-bond acceptors (Lipinski definition) is 2. The van der Waals surface area contributed by atoms with Crippen LogP contribution in [0, 0.1) is 6.92 Å². The molecular formula is C11H13ClO2. The summed E-state index contributed by atoms with van der Waals surface area (Å²) in [6.07, 6.45) is 0.421. The Labute approximate surface area is 88.8 Å². The van der Waals surface area contributed by atoms with Gasteiger partial charge < -0.3 is 4.74 Å². The first-order valence-electron chi connectivity index (χ1n) is 4.48. The van der Waals surface area contributed by atoms with Crippen LogP contribution in [0.5, 0.6) is 5.75 Å². The molecule has 1 aromatic carbocycles. The molecule has 0 heterocycles. The van der Waals surface area contributed by atoms with E-state index in [2.05, 4.69) is 0 Å². The maximum Gasteiger partial charge on any atom is 0.138 e. The number of Topliss-reactive ketones (excluding diaryl/α,β-unsaturated/α-hetero) is 1. The molecule has 0 aliphatic rings. The summed E-state index contributed by atoms with van der Waals surface area (Å²) in [5.74, 6) is 0.765. The molecule has 0 saturated carbocycles. The van der Waals surface area contributed by atoms with Gasteiger partial charge in [-0.25, -0.2) is 0 Å². The lowest BCUT2D eigenvalue weighted by atomic mass is 10.2. The van der Waals surface area contributed by atoms with Crippen LogP contribution >= 0.6 is 11.6 Å². The van der Waals surface area contributed by atoms with Crippen molar-refractivity contribution in [3.63, 3.8) is 0 Å². The minimum absolute atomic E-state index is 0.119. The van der Waals surface area contributed by atoms with Crippen molar-refractivity contribution in [3.05, 3.63) is 28.8 Å². The minimum atomic E-state index is 0.119. The standard InChI is InChI=1S/C11H13ClO2/c1-8-3-4-10(12)11(7-8)14-6-5-9(2)13/h3-4,7H,5-6H2,1-2H3. The molecule has 0 unspecified atom stereocenters. The number of halogens is 1. The molecule has 1 rings (SSSR count). The molecule has 76 valence electrons. The van der Waals surface area contributed by atoms with Crippen LogP contribution in [0.4, 0.5) is 0 Å². The van der Waals surface area contributed by atoms with Gasteiger partial charge in [-0.05, 0) is 31.5 Å². The highest BCUT2D eigenvalue weighted by atomic mass is 35.5. The Balaban J connectivity index is 2.57. The number of ketones is 1. The van der Waals surface area contributed by atoms with E-state index in [0.29, 0.717) is 23.8 Å². The summed E-state index contributed by atoms with van der Waals surface area (Å²) in [4.78, 5) is 10.7. The normalized spacial score (nSPS) is 9.93. The van der Waals surface area contributed by atoms with Crippen LogP contribution in [-0.4, -0.2) is 12.4 Å². The second-order valence-electron chi connectivity index (χ2n) is 3.23. The molecule has 0 radical (unpaired) electrons. The highest BCUT2D eigenvalue weighted by molar-refractivity contribution is 6.32. The Morgan fingerprint density at radius 3 is 2.86 bits per heavy atom. The van der Waals surface area contributed by atoms with Gasteiger partial charge in [0.05, 0.1) is 11.6 Å². The second kappa shape index (κ2) is 5.01. The Morgan fingerprint density at radius 1 is 1.50 bits per heavy atom. The maximum atomic E-state index is 10.7. The highest BCUT2D eigenvalue weighted by Gasteiger charge is 2.01. The van der Waals surface area contributed by atoms with Crippen LogP contribution in [0.2, 0.25) is 5.02 Å². The van der Waals surface area contributed by atoms with E-state index in [1.807, 2.05) is 19.1 Å². The molecule has 0 spiro atoms. The van der Waals surface area contributed by atoms with Gasteiger partial charge in [-0.2, -0.15) is 0 Å². The number of hydrogen-bond donors (Lipinski definition) is 0. The number of rotatable bonds is 4. The number of ether oxygens (including phenoxy) is 1. The maximum absolute atomic E-state index is 10.7. The third kappa shape index (κ3) is 3.38. The summed E-state index contributed by atoms with van der Waals surface area (Å²) in [5.41, 5.74) is 1.09. The summed E-state index contributed by atoms with van der Waals surface area (Å²) < 4.78 is 5.38.